The summed E-state index contributed by atoms with van der Waals surface area (Å²) in [6.45, 7) is 0.715. The van der Waals surface area contributed by atoms with Gasteiger partial charge in [0, 0.05) is 17.1 Å². The first-order valence-corrected chi connectivity index (χ1v) is 5.56. The van der Waals surface area contributed by atoms with Crippen LogP contribution in [0.25, 0.3) is 11.3 Å². The second-order valence-corrected chi connectivity index (χ2v) is 3.95. The van der Waals surface area contributed by atoms with Crippen molar-refractivity contribution in [3.05, 3.63) is 41.6 Å². The Labute approximate surface area is 98.4 Å². The number of hydrogen-bond acceptors (Lipinski definition) is 1. The zero-order valence-corrected chi connectivity index (χ0v) is 9.54. The van der Waals surface area contributed by atoms with E-state index in [1.807, 2.05) is 35.0 Å². The van der Waals surface area contributed by atoms with Crippen LogP contribution in [0.3, 0.4) is 0 Å². The Morgan fingerprint density at radius 3 is 2.53 bits per heavy atom. The van der Waals surface area contributed by atoms with Gasteiger partial charge in [0.05, 0.1) is 12.2 Å². The summed E-state index contributed by atoms with van der Waals surface area (Å²) in [5, 5.41) is 4.94. The molecular weight excluding hydrogens is 231 g/mol. The molecule has 0 aliphatic carbocycles. The summed E-state index contributed by atoms with van der Waals surface area (Å²) >= 11 is 11.5. The van der Waals surface area contributed by atoms with Gasteiger partial charge >= 0.3 is 0 Å². The summed E-state index contributed by atoms with van der Waals surface area (Å²) in [7, 11) is 0. The smallest absolute Gasteiger partial charge is 0.0682 e. The minimum absolute atomic E-state index is 0.558. The monoisotopic (exact) mass is 240 g/mol. The second kappa shape index (κ2) is 4.69. The fourth-order valence-electron chi connectivity index (χ4n) is 1.46. The molecule has 0 aliphatic rings. The number of halogens is 2. The molecule has 15 heavy (non-hydrogen) atoms. The largest absolute Gasteiger partial charge is 0.264 e. The normalized spacial score (nSPS) is 10.5. The molecule has 2 rings (SSSR count). The van der Waals surface area contributed by atoms with Gasteiger partial charge in [-0.25, -0.2) is 0 Å². The molecular formula is C11H10Cl2N2. The fourth-order valence-corrected chi connectivity index (χ4v) is 1.74. The van der Waals surface area contributed by atoms with Crippen LogP contribution in [-0.4, -0.2) is 15.7 Å². The first-order chi connectivity index (χ1) is 7.31. The van der Waals surface area contributed by atoms with E-state index in [1.165, 1.54) is 0 Å². The second-order valence-electron chi connectivity index (χ2n) is 3.14. The molecule has 0 aliphatic heterocycles. The summed E-state index contributed by atoms with van der Waals surface area (Å²) in [5.74, 6) is 0.558. The molecule has 0 atom stereocenters. The Balaban J connectivity index is 2.36. The maximum Gasteiger partial charge on any atom is 0.0682 e. The van der Waals surface area contributed by atoms with E-state index in [0.29, 0.717) is 12.4 Å². The molecule has 0 radical (unpaired) electrons. The van der Waals surface area contributed by atoms with Gasteiger partial charge in [0.15, 0.2) is 0 Å². The van der Waals surface area contributed by atoms with Crippen molar-refractivity contribution in [3.8, 4) is 11.3 Å². The number of alkyl halides is 1. The summed E-state index contributed by atoms with van der Waals surface area (Å²) in [4.78, 5) is 0. The van der Waals surface area contributed by atoms with Crippen LogP contribution >= 0.6 is 23.2 Å². The van der Waals surface area contributed by atoms with Crippen LogP contribution in [0.2, 0.25) is 5.02 Å². The van der Waals surface area contributed by atoms with E-state index in [-0.39, 0.29) is 0 Å². The van der Waals surface area contributed by atoms with Gasteiger partial charge in [0.25, 0.3) is 0 Å². The maximum atomic E-state index is 5.83. The third-order valence-corrected chi connectivity index (χ3v) is 2.57. The number of benzene rings is 1. The molecule has 2 aromatic rings. The van der Waals surface area contributed by atoms with E-state index < -0.39 is 0 Å². The van der Waals surface area contributed by atoms with Crippen molar-refractivity contribution in [2.75, 3.05) is 5.88 Å². The van der Waals surface area contributed by atoms with Crippen molar-refractivity contribution in [3.63, 3.8) is 0 Å². The van der Waals surface area contributed by atoms with E-state index in [0.717, 1.165) is 16.3 Å². The van der Waals surface area contributed by atoms with Crippen molar-refractivity contribution in [2.45, 2.75) is 6.54 Å². The summed E-state index contributed by atoms with van der Waals surface area (Å²) < 4.78 is 1.89. The molecule has 0 unspecified atom stereocenters. The van der Waals surface area contributed by atoms with Crippen LogP contribution in [0.4, 0.5) is 0 Å². The highest BCUT2D eigenvalue weighted by atomic mass is 35.5. The topological polar surface area (TPSA) is 17.8 Å². The number of aromatic nitrogens is 2. The first-order valence-electron chi connectivity index (χ1n) is 4.65. The maximum absolute atomic E-state index is 5.83. The van der Waals surface area contributed by atoms with Gasteiger partial charge in [-0.05, 0) is 23.8 Å². The van der Waals surface area contributed by atoms with Crippen molar-refractivity contribution in [1.82, 2.24) is 9.78 Å². The molecule has 0 spiro atoms. The minimum atomic E-state index is 0.558. The quantitative estimate of drug-likeness (QED) is 0.752. The molecule has 1 heterocycles. The number of aryl methyl sites for hydroxylation is 1. The Hall–Kier alpha value is -0.990. The van der Waals surface area contributed by atoms with E-state index in [9.17, 15) is 0 Å². The number of rotatable bonds is 3. The van der Waals surface area contributed by atoms with Crippen molar-refractivity contribution >= 4 is 23.2 Å². The van der Waals surface area contributed by atoms with Crippen LogP contribution in [0.1, 0.15) is 0 Å². The van der Waals surface area contributed by atoms with Gasteiger partial charge in [-0.15, -0.1) is 11.6 Å². The highest BCUT2D eigenvalue weighted by Gasteiger charge is 2.04. The molecule has 0 fully saturated rings. The van der Waals surface area contributed by atoms with E-state index in [4.69, 9.17) is 23.2 Å². The van der Waals surface area contributed by atoms with Gasteiger partial charge in [-0.3, -0.25) is 4.68 Å². The van der Waals surface area contributed by atoms with Crippen molar-refractivity contribution in [1.29, 1.82) is 0 Å². The SMILES string of the molecule is ClCCn1nccc1-c1ccc(Cl)cc1. The zero-order valence-electron chi connectivity index (χ0n) is 8.03. The van der Waals surface area contributed by atoms with E-state index in [1.54, 1.807) is 6.20 Å². The van der Waals surface area contributed by atoms with Gasteiger partial charge in [0.1, 0.15) is 0 Å². The molecule has 0 saturated heterocycles. The average Bonchev–Trinajstić information content (AvgIpc) is 2.68. The Morgan fingerprint density at radius 2 is 1.87 bits per heavy atom. The number of nitrogens with zero attached hydrogens (tertiary/aromatic N) is 2. The van der Waals surface area contributed by atoms with Gasteiger partial charge < -0.3 is 0 Å². The van der Waals surface area contributed by atoms with Crippen LogP contribution in [0, 0.1) is 0 Å². The predicted octanol–water partition coefficient (Wildman–Crippen LogP) is 3.44. The Bertz CT molecular complexity index is 434. The molecule has 0 saturated carbocycles. The molecule has 0 N–H and O–H groups in total. The third kappa shape index (κ3) is 2.33. The van der Waals surface area contributed by atoms with Gasteiger partial charge in [0.2, 0.25) is 0 Å². The Kier molecular flexibility index (Phi) is 3.29. The standard InChI is InChI=1S/C11H10Cl2N2/c12-6-8-15-11(5-7-14-15)9-1-3-10(13)4-2-9/h1-5,7H,6,8H2. The average molecular weight is 241 g/mol. The van der Waals surface area contributed by atoms with Crippen LogP contribution in [0.15, 0.2) is 36.5 Å². The fraction of sp³-hybridized carbons (Fsp3) is 0.182. The molecule has 1 aromatic carbocycles. The molecule has 0 amide bonds. The van der Waals surface area contributed by atoms with Crippen molar-refractivity contribution in [2.24, 2.45) is 0 Å². The lowest BCUT2D eigenvalue weighted by atomic mass is 10.1. The van der Waals surface area contributed by atoms with E-state index in [2.05, 4.69) is 5.10 Å². The lowest BCUT2D eigenvalue weighted by Crippen LogP contribution is -2.02. The van der Waals surface area contributed by atoms with Crippen LogP contribution < -0.4 is 0 Å². The molecule has 0 bridgehead atoms. The van der Waals surface area contributed by atoms with E-state index >= 15 is 0 Å². The summed E-state index contributed by atoms with van der Waals surface area (Å²) in [5.41, 5.74) is 2.16. The lowest BCUT2D eigenvalue weighted by molar-refractivity contribution is 0.671. The summed E-state index contributed by atoms with van der Waals surface area (Å²) in [6.07, 6.45) is 1.77. The number of hydrogen-bond donors (Lipinski definition) is 0. The molecule has 1 aromatic heterocycles. The third-order valence-electron chi connectivity index (χ3n) is 2.15. The highest BCUT2D eigenvalue weighted by molar-refractivity contribution is 6.30. The van der Waals surface area contributed by atoms with Crippen LogP contribution in [-0.2, 0) is 6.54 Å². The molecule has 4 heteroatoms. The highest BCUT2D eigenvalue weighted by Crippen LogP contribution is 2.21. The van der Waals surface area contributed by atoms with Crippen LogP contribution in [0.5, 0.6) is 0 Å². The zero-order chi connectivity index (χ0) is 10.7. The van der Waals surface area contributed by atoms with Gasteiger partial charge in [-0.1, -0.05) is 23.7 Å². The predicted molar refractivity (Wildman–Crippen MR) is 63.4 cm³/mol. The Morgan fingerprint density at radius 1 is 1.13 bits per heavy atom. The first kappa shape index (κ1) is 10.5. The molecule has 78 valence electrons. The minimum Gasteiger partial charge on any atom is -0.264 e. The molecule has 2 nitrogen and oxygen atoms in total. The lowest BCUT2D eigenvalue weighted by Gasteiger charge is -2.05. The van der Waals surface area contributed by atoms with Gasteiger partial charge in [-0.2, -0.15) is 5.10 Å². The summed E-state index contributed by atoms with van der Waals surface area (Å²) in [6, 6.07) is 9.66. The van der Waals surface area contributed by atoms with Crippen molar-refractivity contribution < 1.29 is 0 Å².